The molecule has 0 bridgehead atoms. The van der Waals surface area contributed by atoms with Crippen LogP contribution >= 0.6 is 0 Å². The number of anilines is 1. The summed E-state index contributed by atoms with van der Waals surface area (Å²) in [6.07, 6.45) is 1.36. The number of aromatic nitrogens is 1. The van der Waals surface area contributed by atoms with Crippen LogP contribution in [0.15, 0.2) is 36.5 Å². The minimum atomic E-state index is -0.999. The van der Waals surface area contributed by atoms with E-state index < -0.39 is 17.2 Å². The summed E-state index contributed by atoms with van der Waals surface area (Å²) in [5, 5.41) is 2.60. The molecule has 0 aliphatic rings. The Morgan fingerprint density at radius 1 is 1.13 bits per heavy atom. The minimum Gasteiger partial charge on any atom is -0.456 e. The number of nitrogens with zero attached hydrogens (tertiary/aromatic N) is 1. The monoisotopic (exact) mass is 322 g/mol. The van der Waals surface area contributed by atoms with E-state index in [4.69, 9.17) is 9.47 Å². The lowest BCUT2D eigenvalue weighted by Crippen LogP contribution is -2.39. The zero-order valence-electron chi connectivity index (χ0n) is 12.9. The molecule has 0 spiro atoms. The lowest BCUT2D eigenvalue weighted by atomic mass is 10.1. The summed E-state index contributed by atoms with van der Waals surface area (Å²) in [5.41, 5.74) is -0.984. The van der Waals surface area contributed by atoms with E-state index in [9.17, 15) is 13.6 Å². The molecule has 0 aliphatic carbocycles. The van der Waals surface area contributed by atoms with Gasteiger partial charge in [-0.1, -0.05) is 0 Å². The van der Waals surface area contributed by atoms with Crippen molar-refractivity contribution >= 4 is 11.7 Å². The molecule has 1 aromatic carbocycles. The van der Waals surface area contributed by atoms with E-state index in [0.29, 0.717) is 11.6 Å². The molecule has 0 saturated heterocycles. The molecule has 0 unspecified atom stereocenters. The van der Waals surface area contributed by atoms with Gasteiger partial charge < -0.3 is 14.8 Å². The van der Waals surface area contributed by atoms with Gasteiger partial charge in [0.2, 0.25) is 0 Å². The lowest BCUT2D eigenvalue weighted by Gasteiger charge is -2.21. The molecule has 2 aromatic rings. The van der Waals surface area contributed by atoms with Crippen LogP contribution in [0.1, 0.15) is 13.8 Å². The lowest BCUT2D eigenvalue weighted by molar-refractivity contribution is -0.133. The number of pyridine rings is 1. The highest BCUT2D eigenvalue weighted by Gasteiger charge is 2.27. The molecule has 1 N–H and O–H groups in total. The van der Waals surface area contributed by atoms with Crippen molar-refractivity contribution in [1.82, 2.24) is 4.98 Å². The summed E-state index contributed by atoms with van der Waals surface area (Å²) < 4.78 is 36.4. The Morgan fingerprint density at radius 2 is 1.83 bits per heavy atom. The third-order valence-corrected chi connectivity index (χ3v) is 3.16. The molecule has 0 fully saturated rings. The van der Waals surface area contributed by atoms with Crippen LogP contribution in [0.2, 0.25) is 0 Å². The number of ether oxygens (including phenoxy) is 2. The molecule has 7 heteroatoms. The van der Waals surface area contributed by atoms with Gasteiger partial charge in [0.05, 0.1) is 6.20 Å². The number of methoxy groups -OCH3 is 1. The quantitative estimate of drug-likeness (QED) is 0.915. The zero-order valence-corrected chi connectivity index (χ0v) is 12.9. The van der Waals surface area contributed by atoms with Gasteiger partial charge >= 0.3 is 0 Å². The van der Waals surface area contributed by atoms with Crippen molar-refractivity contribution in [3.63, 3.8) is 0 Å². The first-order valence-electron chi connectivity index (χ1n) is 6.77. The van der Waals surface area contributed by atoms with Gasteiger partial charge in [-0.3, -0.25) is 4.79 Å². The van der Waals surface area contributed by atoms with E-state index in [1.807, 2.05) is 0 Å². The SMILES string of the molecule is COC(C)(C)C(=O)Nc1ccc(Oc2ccc(F)c(F)c2)cn1. The predicted octanol–water partition coefficient (Wildman–Crippen LogP) is 3.52. The maximum absolute atomic E-state index is 13.1. The number of benzene rings is 1. The first kappa shape index (κ1) is 16.8. The number of amides is 1. The topological polar surface area (TPSA) is 60.5 Å². The molecule has 0 atom stereocenters. The fourth-order valence-corrected chi connectivity index (χ4v) is 1.55. The van der Waals surface area contributed by atoms with Crippen molar-refractivity contribution in [3.05, 3.63) is 48.2 Å². The second-order valence-corrected chi connectivity index (χ2v) is 5.23. The van der Waals surface area contributed by atoms with Crippen LogP contribution < -0.4 is 10.1 Å². The number of carbonyl (C=O) groups excluding carboxylic acids is 1. The van der Waals surface area contributed by atoms with E-state index in [-0.39, 0.29) is 11.7 Å². The zero-order chi connectivity index (χ0) is 17.0. The molecule has 1 aromatic heterocycles. The molecular weight excluding hydrogens is 306 g/mol. The third kappa shape index (κ3) is 4.23. The van der Waals surface area contributed by atoms with Crippen LogP contribution in [0.3, 0.4) is 0 Å². The fourth-order valence-electron chi connectivity index (χ4n) is 1.55. The van der Waals surface area contributed by atoms with Crippen molar-refractivity contribution < 1.29 is 23.0 Å². The molecule has 1 amide bonds. The molecule has 0 saturated carbocycles. The Morgan fingerprint density at radius 3 is 2.39 bits per heavy atom. The van der Waals surface area contributed by atoms with Gasteiger partial charge in [-0.25, -0.2) is 13.8 Å². The summed E-state index contributed by atoms with van der Waals surface area (Å²) in [4.78, 5) is 15.9. The maximum atomic E-state index is 13.1. The van der Waals surface area contributed by atoms with E-state index in [0.717, 1.165) is 12.1 Å². The normalized spacial score (nSPS) is 11.2. The van der Waals surface area contributed by atoms with Gasteiger partial charge in [0.25, 0.3) is 5.91 Å². The Labute approximate surface area is 132 Å². The van der Waals surface area contributed by atoms with E-state index >= 15 is 0 Å². The number of nitrogens with one attached hydrogen (secondary N) is 1. The first-order valence-corrected chi connectivity index (χ1v) is 6.77. The average molecular weight is 322 g/mol. The number of hydrogen-bond acceptors (Lipinski definition) is 4. The van der Waals surface area contributed by atoms with Crippen LogP contribution in [0.4, 0.5) is 14.6 Å². The van der Waals surface area contributed by atoms with Gasteiger partial charge in [0.15, 0.2) is 11.6 Å². The van der Waals surface area contributed by atoms with Gasteiger partial charge in [-0.15, -0.1) is 0 Å². The van der Waals surface area contributed by atoms with Gasteiger partial charge in [-0.05, 0) is 38.1 Å². The second kappa shape index (κ2) is 6.70. The van der Waals surface area contributed by atoms with Gasteiger partial charge in [0, 0.05) is 13.2 Å². The predicted molar refractivity (Wildman–Crippen MR) is 80.4 cm³/mol. The van der Waals surface area contributed by atoms with Crippen LogP contribution in [0, 0.1) is 11.6 Å². The Hall–Kier alpha value is -2.54. The number of rotatable bonds is 5. The molecule has 0 radical (unpaired) electrons. The van der Waals surface area contributed by atoms with Crippen molar-refractivity contribution in [3.8, 4) is 11.5 Å². The van der Waals surface area contributed by atoms with Gasteiger partial charge in [-0.2, -0.15) is 0 Å². The highest BCUT2D eigenvalue weighted by molar-refractivity contribution is 5.95. The standard InChI is InChI=1S/C16H16F2N2O3/c1-16(2,22-3)15(21)20-14-7-5-11(9-19-14)23-10-4-6-12(17)13(18)8-10/h4-9H,1-3H3,(H,19,20,21). The highest BCUT2D eigenvalue weighted by Crippen LogP contribution is 2.23. The summed E-state index contributed by atoms with van der Waals surface area (Å²) in [7, 11) is 1.44. The molecule has 0 aliphatic heterocycles. The van der Waals surface area contributed by atoms with Gasteiger partial charge in [0.1, 0.15) is 22.9 Å². The molecule has 23 heavy (non-hydrogen) atoms. The third-order valence-electron chi connectivity index (χ3n) is 3.16. The van der Waals surface area contributed by atoms with Crippen LogP contribution in [0.5, 0.6) is 11.5 Å². The first-order chi connectivity index (χ1) is 10.8. The smallest absolute Gasteiger partial charge is 0.257 e. The Kier molecular flexibility index (Phi) is 4.90. The second-order valence-electron chi connectivity index (χ2n) is 5.23. The van der Waals surface area contributed by atoms with Crippen molar-refractivity contribution in [1.29, 1.82) is 0 Å². The van der Waals surface area contributed by atoms with Crippen molar-refractivity contribution in [2.24, 2.45) is 0 Å². The van der Waals surface area contributed by atoms with E-state index in [1.165, 1.54) is 25.4 Å². The molecule has 2 rings (SSSR count). The average Bonchev–Trinajstić information content (AvgIpc) is 2.52. The van der Waals surface area contributed by atoms with Crippen molar-refractivity contribution in [2.45, 2.75) is 19.4 Å². The molecular formula is C16H16F2N2O3. The molecule has 122 valence electrons. The van der Waals surface area contributed by atoms with Crippen LogP contribution in [-0.2, 0) is 9.53 Å². The Balaban J connectivity index is 2.04. The van der Waals surface area contributed by atoms with E-state index in [1.54, 1.807) is 19.9 Å². The van der Waals surface area contributed by atoms with Crippen LogP contribution in [-0.4, -0.2) is 23.6 Å². The summed E-state index contributed by atoms with van der Waals surface area (Å²) in [5.74, 6) is -1.52. The summed E-state index contributed by atoms with van der Waals surface area (Å²) in [6.45, 7) is 3.26. The number of hydrogen-bond donors (Lipinski definition) is 1. The Bertz CT molecular complexity index is 703. The summed E-state index contributed by atoms with van der Waals surface area (Å²) >= 11 is 0. The minimum absolute atomic E-state index is 0.142. The summed E-state index contributed by atoms with van der Waals surface area (Å²) in [6, 6.07) is 6.28. The van der Waals surface area contributed by atoms with Crippen molar-refractivity contribution in [2.75, 3.05) is 12.4 Å². The van der Waals surface area contributed by atoms with E-state index in [2.05, 4.69) is 10.3 Å². The fraction of sp³-hybridized carbons (Fsp3) is 0.250. The molecule has 5 nitrogen and oxygen atoms in total. The number of halogens is 2. The maximum Gasteiger partial charge on any atom is 0.257 e. The van der Waals surface area contributed by atoms with Crippen LogP contribution in [0.25, 0.3) is 0 Å². The highest BCUT2D eigenvalue weighted by atomic mass is 19.2. The largest absolute Gasteiger partial charge is 0.456 e. The number of carbonyl (C=O) groups is 1. The molecule has 1 heterocycles.